The van der Waals surface area contributed by atoms with Gasteiger partial charge >= 0.3 is 0 Å². The Morgan fingerprint density at radius 1 is 1.15 bits per heavy atom. The SMILES string of the molecule is CCCOc1ccc(Oc2cc(C)ncc2CO)cc1. The van der Waals surface area contributed by atoms with Crippen LogP contribution in [0.25, 0.3) is 0 Å². The zero-order valence-corrected chi connectivity index (χ0v) is 11.8. The number of hydrogen-bond acceptors (Lipinski definition) is 4. The molecule has 0 bridgehead atoms. The molecule has 0 unspecified atom stereocenters. The monoisotopic (exact) mass is 273 g/mol. The fourth-order valence-corrected chi connectivity index (χ4v) is 1.73. The van der Waals surface area contributed by atoms with Crippen LogP contribution < -0.4 is 9.47 Å². The average molecular weight is 273 g/mol. The summed E-state index contributed by atoms with van der Waals surface area (Å²) in [5.74, 6) is 2.16. The summed E-state index contributed by atoms with van der Waals surface area (Å²) in [6.45, 7) is 4.56. The zero-order chi connectivity index (χ0) is 14.4. The van der Waals surface area contributed by atoms with Crippen LogP contribution in [0.15, 0.2) is 36.5 Å². The number of aromatic nitrogens is 1. The normalized spacial score (nSPS) is 10.3. The fourth-order valence-electron chi connectivity index (χ4n) is 1.73. The van der Waals surface area contributed by atoms with E-state index in [9.17, 15) is 5.11 Å². The van der Waals surface area contributed by atoms with Crippen molar-refractivity contribution in [2.24, 2.45) is 0 Å². The molecule has 20 heavy (non-hydrogen) atoms. The van der Waals surface area contributed by atoms with Gasteiger partial charge in [-0.15, -0.1) is 0 Å². The van der Waals surface area contributed by atoms with E-state index < -0.39 is 0 Å². The molecule has 2 aromatic rings. The van der Waals surface area contributed by atoms with Gasteiger partial charge in [0.1, 0.15) is 17.2 Å². The Morgan fingerprint density at radius 2 is 1.85 bits per heavy atom. The Hall–Kier alpha value is -2.07. The summed E-state index contributed by atoms with van der Waals surface area (Å²) in [5, 5.41) is 9.29. The molecular weight excluding hydrogens is 254 g/mol. The largest absolute Gasteiger partial charge is 0.494 e. The molecule has 1 aromatic carbocycles. The minimum atomic E-state index is -0.0969. The van der Waals surface area contributed by atoms with Gasteiger partial charge in [0, 0.05) is 23.5 Å². The van der Waals surface area contributed by atoms with Gasteiger partial charge in [-0.3, -0.25) is 4.98 Å². The highest BCUT2D eigenvalue weighted by Crippen LogP contribution is 2.27. The fraction of sp³-hybridized carbons (Fsp3) is 0.312. The number of aliphatic hydroxyl groups is 1. The van der Waals surface area contributed by atoms with Crippen molar-refractivity contribution in [1.29, 1.82) is 0 Å². The second kappa shape index (κ2) is 6.91. The highest BCUT2D eigenvalue weighted by atomic mass is 16.5. The molecular formula is C16H19NO3. The smallest absolute Gasteiger partial charge is 0.136 e. The van der Waals surface area contributed by atoms with Crippen LogP contribution in [-0.2, 0) is 6.61 Å². The van der Waals surface area contributed by atoms with Crippen molar-refractivity contribution in [3.63, 3.8) is 0 Å². The summed E-state index contributed by atoms with van der Waals surface area (Å²) in [6, 6.07) is 9.26. The van der Waals surface area contributed by atoms with Gasteiger partial charge in [0.25, 0.3) is 0 Å². The molecule has 0 spiro atoms. The zero-order valence-electron chi connectivity index (χ0n) is 11.8. The van der Waals surface area contributed by atoms with Crippen molar-refractivity contribution in [1.82, 2.24) is 4.98 Å². The van der Waals surface area contributed by atoms with Crippen LogP contribution in [-0.4, -0.2) is 16.7 Å². The topological polar surface area (TPSA) is 51.6 Å². The lowest BCUT2D eigenvalue weighted by molar-refractivity contribution is 0.276. The van der Waals surface area contributed by atoms with E-state index in [0.29, 0.717) is 23.7 Å². The quantitative estimate of drug-likeness (QED) is 0.875. The predicted octanol–water partition coefficient (Wildman–Crippen LogP) is 3.46. The number of ether oxygens (including phenoxy) is 2. The number of aryl methyl sites for hydroxylation is 1. The Labute approximate surface area is 119 Å². The molecule has 2 rings (SSSR count). The van der Waals surface area contributed by atoms with Crippen LogP contribution in [0.1, 0.15) is 24.6 Å². The maximum atomic E-state index is 9.29. The first-order valence-electron chi connectivity index (χ1n) is 6.70. The highest BCUT2D eigenvalue weighted by Gasteiger charge is 2.06. The maximum absolute atomic E-state index is 9.29. The molecule has 0 amide bonds. The summed E-state index contributed by atoms with van der Waals surface area (Å²) in [4.78, 5) is 4.14. The number of benzene rings is 1. The van der Waals surface area contributed by atoms with E-state index >= 15 is 0 Å². The average Bonchev–Trinajstić information content (AvgIpc) is 2.47. The van der Waals surface area contributed by atoms with E-state index in [1.54, 1.807) is 6.20 Å². The molecule has 4 nitrogen and oxygen atoms in total. The lowest BCUT2D eigenvalue weighted by Gasteiger charge is -2.11. The van der Waals surface area contributed by atoms with Gasteiger partial charge in [-0.2, -0.15) is 0 Å². The summed E-state index contributed by atoms with van der Waals surface area (Å²) in [7, 11) is 0. The van der Waals surface area contributed by atoms with Crippen molar-refractivity contribution in [3.8, 4) is 17.2 Å². The van der Waals surface area contributed by atoms with E-state index in [4.69, 9.17) is 9.47 Å². The second-order valence-electron chi connectivity index (χ2n) is 4.51. The van der Waals surface area contributed by atoms with Gasteiger partial charge in [0.15, 0.2) is 0 Å². The Kier molecular flexibility index (Phi) is 4.96. The van der Waals surface area contributed by atoms with E-state index in [1.807, 2.05) is 37.3 Å². The first-order valence-corrected chi connectivity index (χ1v) is 6.70. The molecule has 4 heteroatoms. The third-order valence-corrected chi connectivity index (χ3v) is 2.78. The van der Waals surface area contributed by atoms with E-state index in [0.717, 1.165) is 17.9 Å². The third kappa shape index (κ3) is 3.71. The van der Waals surface area contributed by atoms with Crippen molar-refractivity contribution < 1.29 is 14.6 Å². The van der Waals surface area contributed by atoms with Gasteiger partial charge in [-0.1, -0.05) is 6.92 Å². The molecule has 0 atom stereocenters. The summed E-state index contributed by atoms with van der Waals surface area (Å²) >= 11 is 0. The molecule has 106 valence electrons. The Morgan fingerprint density at radius 3 is 2.50 bits per heavy atom. The van der Waals surface area contributed by atoms with Gasteiger partial charge < -0.3 is 14.6 Å². The molecule has 0 fully saturated rings. The molecule has 0 aliphatic heterocycles. The number of nitrogens with zero attached hydrogens (tertiary/aromatic N) is 1. The van der Waals surface area contributed by atoms with E-state index in [1.165, 1.54) is 0 Å². The van der Waals surface area contributed by atoms with Crippen molar-refractivity contribution in [3.05, 3.63) is 47.8 Å². The summed E-state index contributed by atoms with van der Waals surface area (Å²) < 4.78 is 11.3. The van der Waals surface area contributed by atoms with Crippen LogP contribution >= 0.6 is 0 Å². The molecule has 0 aliphatic carbocycles. The molecule has 1 N–H and O–H groups in total. The van der Waals surface area contributed by atoms with E-state index in [-0.39, 0.29) is 6.61 Å². The van der Waals surface area contributed by atoms with Crippen LogP contribution in [0.4, 0.5) is 0 Å². The van der Waals surface area contributed by atoms with E-state index in [2.05, 4.69) is 11.9 Å². The third-order valence-electron chi connectivity index (χ3n) is 2.78. The van der Waals surface area contributed by atoms with Gasteiger partial charge in [-0.25, -0.2) is 0 Å². The Bertz CT molecular complexity index is 552. The molecule has 0 saturated carbocycles. The van der Waals surface area contributed by atoms with Crippen LogP contribution in [0, 0.1) is 6.92 Å². The van der Waals surface area contributed by atoms with Crippen LogP contribution in [0.3, 0.4) is 0 Å². The lowest BCUT2D eigenvalue weighted by atomic mass is 10.2. The van der Waals surface area contributed by atoms with Gasteiger partial charge in [0.2, 0.25) is 0 Å². The molecule has 1 aromatic heterocycles. The van der Waals surface area contributed by atoms with Crippen LogP contribution in [0.2, 0.25) is 0 Å². The number of pyridine rings is 1. The summed E-state index contributed by atoms with van der Waals surface area (Å²) in [5.41, 5.74) is 1.52. The van der Waals surface area contributed by atoms with Gasteiger partial charge in [-0.05, 0) is 37.6 Å². The number of aliphatic hydroxyl groups excluding tert-OH is 1. The molecule has 0 radical (unpaired) electrons. The first-order chi connectivity index (χ1) is 9.72. The number of rotatable bonds is 6. The molecule has 1 heterocycles. The minimum Gasteiger partial charge on any atom is -0.494 e. The molecule has 0 aliphatic rings. The van der Waals surface area contributed by atoms with Crippen molar-refractivity contribution >= 4 is 0 Å². The first kappa shape index (κ1) is 14.3. The lowest BCUT2D eigenvalue weighted by Crippen LogP contribution is -1.96. The van der Waals surface area contributed by atoms with Gasteiger partial charge in [0.05, 0.1) is 13.2 Å². The predicted molar refractivity (Wildman–Crippen MR) is 77.2 cm³/mol. The maximum Gasteiger partial charge on any atom is 0.136 e. The second-order valence-corrected chi connectivity index (χ2v) is 4.51. The van der Waals surface area contributed by atoms with Crippen molar-refractivity contribution in [2.45, 2.75) is 26.9 Å². The van der Waals surface area contributed by atoms with Crippen molar-refractivity contribution in [2.75, 3.05) is 6.61 Å². The highest BCUT2D eigenvalue weighted by molar-refractivity contribution is 5.39. The standard InChI is InChI=1S/C16H19NO3/c1-3-8-19-14-4-6-15(7-5-14)20-16-9-12(2)17-10-13(16)11-18/h4-7,9-10,18H,3,8,11H2,1-2H3. The minimum absolute atomic E-state index is 0.0969. The summed E-state index contributed by atoms with van der Waals surface area (Å²) in [6.07, 6.45) is 2.61. The van der Waals surface area contributed by atoms with Crippen LogP contribution in [0.5, 0.6) is 17.2 Å². The Balaban J connectivity index is 2.11. The molecule has 0 saturated heterocycles. The number of hydrogen-bond donors (Lipinski definition) is 1.